The molecule has 0 aliphatic heterocycles. The third-order valence-corrected chi connectivity index (χ3v) is 8.66. The van der Waals surface area contributed by atoms with Crippen LogP contribution < -0.4 is 4.74 Å². The van der Waals surface area contributed by atoms with Gasteiger partial charge in [-0.05, 0) is 61.0 Å². The Labute approximate surface area is 216 Å². The second-order valence-electron chi connectivity index (χ2n) is 10.4. The van der Waals surface area contributed by atoms with E-state index < -0.39 is 9.84 Å². The molecule has 1 saturated carbocycles. The summed E-state index contributed by atoms with van der Waals surface area (Å²) in [6.45, 7) is 7.31. The summed E-state index contributed by atoms with van der Waals surface area (Å²) < 4.78 is 34.4. The van der Waals surface area contributed by atoms with Gasteiger partial charge in [-0.25, -0.2) is 13.4 Å². The zero-order valence-corrected chi connectivity index (χ0v) is 22.9. The summed E-state index contributed by atoms with van der Waals surface area (Å²) in [5.74, 6) is 2.60. The van der Waals surface area contributed by atoms with Gasteiger partial charge in [0.25, 0.3) is 0 Å². The molecule has 1 aromatic heterocycles. The summed E-state index contributed by atoms with van der Waals surface area (Å²) in [6.07, 6.45) is 9.30. The molecule has 2 aromatic rings. The van der Waals surface area contributed by atoms with Crippen LogP contribution in [0.3, 0.4) is 0 Å². The lowest BCUT2D eigenvalue weighted by atomic mass is 9.84. The molecule has 0 spiro atoms. The molecule has 198 valence electrons. The summed E-state index contributed by atoms with van der Waals surface area (Å²) in [5.41, 5.74) is 1.01. The van der Waals surface area contributed by atoms with Gasteiger partial charge in [0.15, 0.2) is 9.84 Å². The summed E-state index contributed by atoms with van der Waals surface area (Å²) in [6, 6.07) is 13.0. The maximum atomic E-state index is 12.6. The predicted octanol–water partition coefficient (Wildman–Crippen LogP) is 6.10. The zero-order valence-electron chi connectivity index (χ0n) is 22.1. The van der Waals surface area contributed by atoms with Gasteiger partial charge in [0.2, 0.25) is 5.88 Å². The first-order valence-electron chi connectivity index (χ1n) is 13.2. The monoisotopic (exact) mass is 515 g/mol. The molecule has 7 heteroatoms. The van der Waals surface area contributed by atoms with E-state index in [4.69, 9.17) is 9.47 Å². The first kappa shape index (κ1) is 28.2. The SMILES string of the molecule is CCCC(CCC(C)C(C)C(=O)OCc1ccccc1)C1CC1CCOc1ccc(S(C)(=O)=O)cn1. The fraction of sp³-hybridized carbons (Fsp3) is 0.586. The largest absolute Gasteiger partial charge is 0.478 e. The third kappa shape index (κ3) is 8.61. The van der Waals surface area contributed by atoms with Gasteiger partial charge in [0.1, 0.15) is 6.61 Å². The number of carbonyl (C=O) groups excluding carboxylic acids is 1. The average molecular weight is 516 g/mol. The van der Waals surface area contributed by atoms with Gasteiger partial charge in [-0.3, -0.25) is 4.79 Å². The van der Waals surface area contributed by atoms with E-state index in [0.29, 0.717) is 30.9 Å². The van der Waals surface area contributed by atoms with E-state index in [-0.39, 0.29) is 22.7 Å². The Morgan fingerprint density at radius 3 is 2.47 bits per heavy atom. The Morgan fingerprint density at radius 1 is 1.08 bits per heavy atom. The molecule has 0 bridgehead atoms. The summed E-state index contributed by atoms with van der Waals surface area (Å²) in [4.78, 5) is 16.9. The number of ether oxygens (including phenoxy) is 2. The molecule has 1 aliphatic carbocycles. The summed E-state index contributed by atoms with van der Waals surface area (Å²) in [5, 5.41) is 0. The number of rotatable bonds is 15. The topological polar surface area (TPSA) is 82.6 Å². The fourth-order valence-electron chi connectivity index (χ4n) is 4.93. The molecule has 0 amide bonds. The van der Waals surface area contributed by atoms with Crippen molar-refractivity contribution in [1.29, 1.82) is 0 Å². The van der Waals surface area contributed by atoms with Gasteiger partial charge in [0.05, 0.1) is 17.4 Å². The van der Waals surface area contributed by atoms with E-state index in [1.165, 1.54) is 37.8 Å². The van der Waals surface area contributed by atoms with Crippen LogP contribution in [0.5, 0.6) is 5.88 Å². The van der Waals surface area contributed by atoms with Crippen LogP contribution in [-0.2, 0) is 26.0 Å². The molecular weight excluding hydrogens is 474 g/mol. The second kappa shape index (κ2) is 13.2. The van der Waals surface area contributed by atoms with Gasteiger partial charge in [-0.1, -0.05) is 63.9 Å². The minimum Gasteiger partial charge on any atom is -0.478 e. The van der Waals surface area contributed by atoms with Gasteiger partial charge in [-0.2, -0.15) is 0 Å². The molecule has 1 heterocycles. The van der Waals surface area contributed by atoms with Gasteiger partial charge in [-0.15, -0.1) is 0 Å². The molecule has 3 rings (SSSR count). The maximum absolute atomic E-state index is 12.6. The van der Waals surface area contributed by atoms with Crippen molar-refractivity contribution in [3.63, 3.8) is 0 Å². The molecular formula is C29H41NO5S. The Balaban J connectivity index is 1.38. The first-order valence-corrected chi connectivity index (χ1v) is 15.1. The number of hydrogen-bond donors (Lipinski definition) is 0. The Kier molecular flexibility index (Phi) is 10.3. The number of nitrogens with zero attached hydrogens (tertiary/aromatic N) is 1. The van der Waals surface area contributed by atoms with Crippen LogP contribution in [0.4, 0.5) is 0 Å². The van der Waals surface area contributed by atoms with Crippen LogP contribution in [0.1, 0.15) is 64.9 Å². The number of pyridine rings is 1. The Bertz CT molecular complexity index is 1050. The molecule has 1 aliphatic rings. The van der Waals surface area contributed by atoms with Gasteiger partial charge >= 0.3 is 5.97 Å². The standard InChI is InChI=1S/C29H41NO5S/c1-5-9-24(13-12-21(2)22(3)29(31)35-20-23-10-7-6-8-11-23)27-18-25(27)16-17-34-28-15-14-26(19-30-28)36(4,32)33/h6-8,10-11,14-15,19,21-22,24-25,27H,5,9,12-13,16-18,20H2,1-4H3. The number of sulfone groups is 1. The average Bonchev–Trinajstić information content (AvgIpc) is 3.64. The van der Waals surface area contributed by atoms with Gasteiger partial charge in [0, 0.05) is 18.5 Å². The molecule has 5 atom stereocenters. The van der Waals surface area contributed by atoms with Crippen LogP contribution >= 0.6 is 0 Å². The van der Waals surface area contributed by atoms with Crippen molar-refractivity contribution >= 4 is 15.8 Å². The highest BCUT2D eigenvalue weighted by Gasteiger charge is 2.41. The number of aromatic nitrogens is 1. The van der Waals surface area contributed by atoms with Crippen molar-refractivity contribution in [3.8, 4) is 5.88 Å². The highest BCUT2D eigenvalue weighted by molar-refractivity contribution is 7.90. The molecule has 36 heavy (non-hydrogen) atoms. The molecule has 0 N–H and O–H groups in total. The number of esters is 1. The maximum Gasteiger partial charge on any atom is 0.309 e. The van der Waals surface area contributed by atoms with E-state index in [1.54, 1.807) is 6.07 Å². The number of carbonyl (C=O) groups is 1. The molecule has 0 saturated heterocycles. The minimum atomic E-state index is -3.25. The molecule has 6 nitrogen and oxygen atoms in total. The van der Waals surface area contributed by atoms with Crippen molar-refractivity contribution in [1.82, 2.24) is 4.98 Å². The van der Waals surface area contributed by atoms with E-state index in [0.717, 1.165) is 30.7 Å². The van der Waals surface area contributed by atoms with Crippen molar-refractivity contribution in [2.24, 2.45) is 29.6 Å². The third-order valence-electron chi connectivity index (χ3n) is 7.56. The molecule has 1 fully saturated rings. The van der Waals surface area contributed by atoms with Gasteiger partial charge < -0.3 is 9.47 Å². The van der Waals surface area contributed by atoms with Crippen LogP contribution in [0, 0.1) is 29.6 Å². The smallest absolute Gasteiger partial charge is 0.309 e. The van der Waals surface area contributed by atoms with E-state index in [2.05, 4.69) is 18.8 Å². The normalized spacial score (nSPS) is 19.8. The minimum absolute atomic E-state index is 0.110. The molecule has 0 radical (unpaired) electrons. The second-order valence-corrected chi connectivity index (χ2v) is 12.4. The lowest BCUT2D eigenvalue weighted by molar-refractivity contribution is -0.151. The lowest BCUT2D eigenvalue weighted by Crippen LogP contribution is -2.22. The van der Waals surface area contributed by atoms with Crippen LogP contribution in [-0.4, -0.2) is 32.2 Å². The van der Waals surface area contributed by atoms with Crippen molar-refractivity contribution in [2.75, 3.05) is 12.9 Å². The summed E-state index contributed by atoms with van der Waals surface area (Å²) >= 11 is 0. The number of hydrogen-bond acceptors (Lipinski definition) is 6. The van der Waals surface area contributed by atoms with Crippen molar-refractivity contribution in [3.05, 3.63) is 54.2 Å². The highest BCUT2D eigenvalue weighted by atomic mass is 32.2. The van der Waals surface area contributed by atoms with Crippen LogP contribution in [0.15, 0.2) is 53.6 Å². The Hall–Kier alpha value is -2.41. The van der Waals surface area contributed by atoms with Crippen LogP contribution in [0.25, 0.3) is 0 Å². The van der Waals surface area contributed by atoms with E-state index >= 15 is 0 Å². The lowest BCUT2D eigenvalue weighted by Gasteiger charge is -2.22. The van der Waals surface area contributed by atoms with E-state index in [1.807, 2.05) is 37.3 Å². The number of benzene rings is 1. The first-order chi connectivity index (χ1) is 17.2. The quantitative estimate of drug-likeness (QED) is 0.267. The van der Waals surface area contributed by atoms with E-state index in [9.17, 15) is 13.2 Å². The predicted molar refractivity (Wildman–Crippen MR) is 141 cm³/mol. The zero-order chi connectivity index (χ0) is 26.1. The highest BCUT2D eigenvalue weighted by Crippen LogP contribution is 2.50. The molecule has 5 unspecified atom stereocenters. The summed E-state index contributed by atoms with van der Waals surface area (Å²) in [7, 11) is -3.25. The fourth-order valence-corrected chi connectivity index (χ4v) is 5.49. The van der Waals surface area contributed by atoms with Crippen LogP contribution in [0.2, 0.25) is 0 Å². The molecule has 1 aromatic carbocycles. The van der Waals surface area contributed by atoms with Crippen molar-refractivity contribution in [2.45, 2.75) is 70.8 Å². The Morgan fingerprint density at radius 2 is 1.83 bits per heavy atom. The van der Waals surface area contributed by atoms with Crippen molar-refractivity contribution < 1.29 is 22.7 Å².